The highest BCUT2D eigenvalue weighted by atomic mass is 16.1. The summed E-state index contributed by atoms with van der Waals surface area (Å²) in [7, 11) is 0. The number of carbonyl (C=O) groups is 1. The Morgan fingerprint density at radius 2 is 1.56 bits per heavy atom. The second-order valence-corrected chi connectivity index (χ2v) is 9.40. The van der Waals surface area contributed by atoms with Gasteiger partial charge in [0.1, 0.15) is 17.5 Å². The molecule has 0 saturated heterocycles. The van der Waals surface area contributed by atoms with E-state index in [0.717, 1.165) is 44.8 Å². The molecule has 39 heavy (non-hydrogen) atoms. The summed E-state index contributed by atoms with van der Waals surface area (Å²) in [6, 6.07) is 24.8. The minimum Gasteiger partial charge on any atom is -0.384 e. The Kier molecular flexibility index (Phi) is 6.30. The molecule has 192 valence electrons. The van der Waals surface area contributed by atoms with Crippen molar-refractivity contribution in [3.05, 3.63) is 125 Å². The molecule has 0 fully saturated rings. The van der Waals surface area contributed by atoms with Gasteiger partial charge in [0.2, 0.25) is 0 Å². The second-order valence-electron chi connectivity index (χ2n) is 9.40. The molecule has 3 aromatic carbocycles. The van der Waals surface area contributed by atoms with Crippen molar-refractivity contribution in [1.82, 2.24) is 30.2 Å². The minimum absolute atomic E-state index is 0.000143. The molecule has 6 aromatic rings. The van der Waals surface area contributed by atoms with Crippen LogP contribution in [-0.2, 0) is 13.0 Å². The topological polar surface area (TPSA) is 149 Å². The molecule has 0 spiro atoms. The number of aromatic amines is 2. The normalized spacial score (nSPS) is 12.0. The summed E-state index contributed by atoms with van der Waals surface area (Å²) in [5, 5.41) is 10.7. The zero-order valence-electron chi connectivity index (χ0n) is 21.0. The van der Waals surface area contributed by atoms with Crippen LogP contribution in [0.5, 0.6) is 0 Å². The van der Waals surface area contributed by atoms with Crippen LogP contribution in [0.25, 0.3) is 22.1 Å². The fourth-order valence-electron chi connectivity index (χ4n) is 4.63. The molecule has 3 aromatic heterocycles. The number of fused-ring (bicyclic) bond motifs is 2. The third-order valence-corrected chi connectivity index (χ3v) is 6.71. The molecule has 1 unspecified atom stereocenters. The number of hydrogen-bond acceptors (Lipinski definition) is 5. The third-order valence-electron chi connectivity index (χ3n) is 6.71. The number of benzene rings is 3. The minimum atomic E-state index is -0.198. The number of pyridine rings is 1. The monoisotopic (exact) mass is 514 g/mol. The molecule has 9 heteroatoms. The van der Waals surface area contributed by atoms with E-state index in [1.54, 1.807) is 18.5 Å². The number of rotatable bonds is 8. The van der Waals surface area contributed by atoms with Gasteiger partial charge in [-0.15, -0.1) is 0 Å². The summed E-state index contributed by atoms with van der Waals surface area (Å²) in [5.74, 6) is 1.21. The number of nitrogens with zero attached hydrogens (tertiary/aromatic N) is 3. The van der Waals surface area contributed by atoms with Gasteiger partial charge in [-0.05, 0) is 66.1 Å². The van der Waals surface area contributed by atoms with Gasteiger partial charge >= 0.3 is 0 Å². The molecule has 1 amide bonds. The van der Waals surface area contributed by atoms with E-state index < -0.39 is 0 Å². The Bertz CT molecular complexity index is 1750. The Balaban J connectivity index is 1.28. The quantitative estimate of drug-likeness (QED) is 0.151. The highest BCUT2D eigenvalue weighted by Crippen LogP contribution is 2.29. The van der Waals surface area contributed by atoms with Crippen LogP contribution in [0.1, 0.15) is 44.6 Å². The van der Waals surface area contributed by atoms with Crippen molar-refractivity contribution in [3.63, 3.8) is 0 Å². The first kappa shape index (κ1) is 24.1. The largest absolute Gasteiger partial charge is 0.384 e. The summed E-state index contributed by atoms with van der Waals surface area (Å²) in [5.41, 5.74) is 12.3. The van der Waals surface area contributed by atoms with Gasteiger partial charge in [0, 0.05) is 30.1 Å². The number of nitrogen functional groups attached to an aromatic ring is 1. The van der Waals surface area contributed by atoms with E-state index >= 15 is 0 Å². The van der Waals surface area contributed by atoms with Crippen molar-refractivity contribution in [3.8, 4) is 0 Å². The van der Waals surface area contributed by atoms with Gasteiger partial charge < -0.3 is 21.0 Å². The van der Waals surface area contributed by atoms with E-state index in [1.165, 1.54) is 0 Å². The van der Waals surface area contributed by atoms with Gasteiger partial charge in [-0.2, -0.15) is 0 Å². The third kappa shape index (κ3) is 5.10. The predicted octanol–water partition coefficient (Wildman–Crippen LogP) is 4.42. The van der Waals surface area contributed by atoms with Crippen LogP contribution in [0.3, 0.4) is 0 Å². The zero-order valence-corrected chi connectivity index (χ0v) is 21.0. The number of amidine groups is 1. The molecular weight excluding hydrogens is 488 g/mol. The maximum atomic E-state index is 12.7. The van der Waals surface area contributed by atoms with Crippen molar-refractivity contribution in [2.45, 2.75) is 18.9 Å². The average molecular weight is 515 g/mol. The first-order valence-electron chi connectivity index (χ1n) is 12.6. The van der Waals surface area contributed by atoms with Crippen molar-refractivity contribution >= 4 is 33.8 Å². The van der Waals surface area contributed by atoms with Crippen LogP contribution >= 0.6 is 0 Å². The summed E-state index contributed by atoms with van der Waals surface area (Å²) >= 11 is 0. The summed E-state index contributed by atoms with van der Waals surface area (Å²) in [4.78, 5) is 33.4. The van der Waals surface area contributed by atoms with Crippen LogP contribution in [0.4, 0.5) is 0 Å². The standard InChI is InChI=1S/C30H26N8O/c31-27(32)21-11-12-25-26(15-21)38-29(37-25)22(28-35-23-5-1-2-6-24(23)36-28)14-18-7-9-20(10-8-18)30(39)34-17-19-4-3-13-33-16-19/h1-13,15-16,22H,14,17H2,(H3,31,32)(H,34,39)(H,35,36)(H,37,38). The molecular formula is C30H26N8O. The number of amides is 1. The lowest BCUT2D eigenvalue weighted by atomic mass is 9.97. The molecule has 0 bridgehead atoms. The molecule has 0 aliphatic heterocycles. The summed E-state index contributed by atoms with van der Waals surface area (Å²) in [6.07, 6.45) is 4.05. The van der Waals surface area contributed by atoms with Gasteiger partial charge in [-0.1, -0.05) is 30.3 Å². The smallest absolute Gasteiger partial charge is 0.251 e. The SMILES string of the molecule is N=C(N)c1ccc2[nH]c(C(Cc3ccc(C(=O)NCc4cccnc4)cc3)c3nc4ccccc4[nH]3)nc2c1. The molecule has 6 N–H and O–H groups in total. The lowest BCUT2D eigenvalue weighted by Gasteiger charge is -2.13. The van der Waals surface area contributed by atoms with Crippen molar-refractivity contribution < 1.29 is 4.79 Å². The van der Waals surface area contributed by atoms with Gasteiger partial charge in [-0.25, -0.2) is 9.97 Å². The lowest BCUT2D eigenvalue weighted by Crippen LogP contribution is -2.22. The maximum Gasteiger partial charge on any atom is 0.251 e. The van der Waals surface area contributed by atoms with Crippen LogP contribution in [-0.4, -0.2) is 36.7 Å². The van der Waals surface area contributed by atoms with Gasteiger partial charge in [0.15, 0.2) is 0 Å². The van der Waals surface area contributed by atoms with Crippen LogP contribution in [0.15, 0.2) is 91.3 Å². The fraction of sp³-hybridized carbons (Fsp3) is 0.100. The van der Waals surface area contributed by atoms with Crippen LogP contribution in [0, 0.1) is 5.41 Å². The maximum absolute atomic E-state index is 12.7. The molecule has 0 aliphatic rings. The van der Waals surface area contributed by atoms with Gasteiger partial charge in [0.25, 0.3) is 5.91 Å². The summed E-state index contributed by atoms with van der Waals surface area (Å²) in [6.45, 7) is 0.417. The fourth-order valence-corrected chi connectivity index (χ4v) is 4.63. The molecule has 6 rings (SSSR count). The summed E-state index contributed by atoms with van der Waals surface area (Å²) < 4.78 is 0. The van der Waals surface area contributed by atoms with E-state index in [9.17, 15) is 4.79 Å². The number of hydrogen-bond donors (Lipinski definition) is 5. The zero-order chi connectivity index (χ0) is 26.8. The number of nitrogens with one attached hydrogen (secondary N) is 4. The lowest BCUT2D eigenvalue weighted by molar-refractivity contribution is 0.0951. The molecule has 0 saturated carbocycles. The Morgan fingerprint density at radius 1 is 0.846 bits per heavy atom. The van der Waals surface area contributed by atoms with E-state index in [1.807, 2.05) is 72.8 Å². The van der Waals surface area contributed by atoms with Crippen molar-refractivity contribution in [2.24, 2.45) is 5.73 Å². The van der Waals surface area contributed by atoms with E-state index in [0.29, 0.717) is 24.1 Å². The molecule has 1 atom stereocenters. The number of nitrogens with two attached hydrogens (primary N) is 1. The molecule has 3 heterocycles. The number of aromatic nitrogens is 5. The predicted molar refractivity (Wildman–Crippen MR) is 151 cm³/mol. The van der Waals surface area contributed by atoms with Crippen molar-refractivity contribution in [2.75, 3.05) is 0 Å². The van der Waals surface area contributed by atoms with Crippen LogP contribution in [0.2, 0.25) is 0 Å². The Hall–Kier alpha value is -5.31. The average Bonchev–Trinajstić information content (AvgIpc) is 3.59. The molecule has 0 radical (unpaired) electrons. The number of carbonyl (C=O) groups excluding carboxylic acids is 1. The van der Waals surface area contributed by atoms with Crippen LogP contribution < -0.4 is 11.1 Å². The van der Waals surface area contributed by atoms with Crippen molar-refractivity contribution in [1.29, 1.82) is 5.41 Å². The van der Waals surface area contributed by atoms with E-state index in [2.05, 4.69) is 20.3 Å². The Labute approximate surface area is 224 Å². The van der Waals surface area contributed by atoms with E-state index in [-0.39, 0.29) is 17.7 Å². The Morgan fingerprint density at radius 3 is 2.28 bits per heavy atom. The second kappa shape index (κ2) is 10.2. The number of para-hydroxylation sites is 2. The number of H-pyrrole nitrogens is 2. The molecule has 9 nitrogen and oxygen atoms in total. The highest BCUT2D eigenvalue weighted by molar-refractivity contribution is 5.98. The van der Waals surface area contributed by atoms with Gasteiger partial charge in [0.05, 0.1) is 28.0 Å². The van der Waals surface area contributed by atoms with E-state index in [4.69, 9.17) is 21.1 Å². The van der Waals surface area contributed by atoms with Gasteiger partial charge in [-0.3, -0.25) is 15.2 Å². The first-order chi connectivity index (χ1) is 19.0. The first-order valence-corrected chi connectivity index (χ1v) is 12.6. The number of imidazole rings is 2. The molecule has 0 aliphatic carbocycles. The highest BCUT2D eigenvalue weighted by Gasteiger charge is 2.23.